The number of aromatic nitrogens is 2. The SMILES string of the molecule is CC(C)(C)Nc1nccc(C(=O)N2CCCc3ccccc32)n1. The first-order chi connectivity index (χ1) is 10.9. The molecule has 0 aliphatic carbocycles. The van der Waals surface area contributed by atoms with Gasteiger partial charge < -0.3 is 10.2 Å². The van der Waals surface area contributed by atoms with Gasteiger partial charge in [-0.25, -0.2) is 9.97 Å². The number of para-hydroxylation sites is 1. The summed E-state index contributed by atoms with van der Waals surface area (Å²) in [4.78, 5) is 23.3. The van der Waals surface area contributed by atoms with Gasteiger partial charge >= 0.3 is 0 Å². The van der Waals surface area contributed by atoms with Crippen LogP contribution in [0.5, 0.6) is 0 Å². The van der Waals surface area contributed by atoms with Crippen LogP contribution < -0.4 is 10.2 Å². The van der Waals surface area contributed by atoms with Crippen molar-refractivity contribution in [1.29, 1.82) is 0 Å². The molecule has 0 spiro atoms. The molecule has 120 valence electrons. The van der Waals surface area contributed by atoms with Crippen LogP contribution in [0.25, 0.3) is 0 Å². The molecule has 3 rings (SSSR count). The summed E-state index contributed by atoms with van der Waals surface area (Å²) < 4.78 is 0. The third kappa shape index (κ3) is 3.50. The first-order valence-corrected chi connectivity index (χ1v) is 7.95. The first-order valence-electron chi connectivity index (χ1n) is 7.95. The van der Waals surface area contributed by atoms with Crippen LogP contribution in [0.3, 0.4) is 0 Å². The number of nitrogens with zero attached hydrogens (tertiary/aromatic N) is 3. The molecule has 1 aromatic heterocycles. The molecule has 0 atom stereocenters. The standard InChI is InChI=1S/C18H22N4O/c1-18(2,3)21-17-19-11-10-14(20-17)16(23)22-12-6-8-13-7-4-5-9-15(13)22/h4-5,7,9-11H,6,8,12H2,1-3H3,(H,19,20,21). The van der Waals surface area contributed by atoms with Crippen molar-refractivity contribution in [3.8, 4) is 0 Å². The van der Waals surface area contributed by atoms with E-state index in [2.05, 4.69) is 21.4 Å². The topological polar surface area (TPSA) is 58.1 Å². The van der Waals surface area contributed by atoms with Crippen LogP contribution in [0.1, 0.15) is 43.2 Å². The molecule has 1 aliphatic rings. The van der Waals surface area contributed by atoms with Gasteiger partial charge in [0.05, 0.1) is 0 Å². The predicted octanol–water partition coefficient (Wildman–Crippen LogP) is 3.28. The maximum atomic E-state index is 12.9. The number of rotatable bonds is 2. The van der Waals surface area contributed by atoms with Gasteiger partial charge in [0.15, 0.2) is 0 Å². The molecule has 0 fully saturated rings. The first kappa shape index (κ1) is 15.5. The fourth-order valence-corrected chi connectivity index (χ4v) is 2.76. The molecule has 23 heavy (non-hydrogen) atoms. The Morgan fingerprint density at radius 3 is 2.78 bits per heavy atom. The number of nitrogens with one attached hydrogen (secondary N) is 1. The van der Waals surface area contributed by atoms with Gasteiger partial charge in [-0.15, -0.1) is 0 Å². The summed E-state index contributed by atoms with van der Waals surface area (Å²) in [6.07, 6.45) is 3.62. The Hall–Kier alpha value is -2.43. The largest absolute Gasteiger partial charge is 0.350 e. The van der Waals surface area contributed by atoms with Crippen LogP contribution in [0, 0.1) is 0 Å². The van der Waals surface area contributed by atoms with Gasteiger partial charge in [-0.2, -0.15) is 0 Å². The van der Waals surface area contributed by atoms with E-state index < -0.39 is 0 Å². The molecule has 1 N–H and O–H groups in total. The number of anilines is 2. The third-order valence-corrected chi connectivity index (χ3v) is 3.72. The Balaban J connectivity index is 1.88. The number of benzene rings is 1. The van der Waals surface area contributed by atoms with Crippen molar-refractivity contribution in [2.75, 3.05) is 16.8 Å². The Morgan fingerprint density at radius 1 is 1.22 bits per heavy atom. The minimum absolute atomic E-state index is 0.0727. The third-order valence-electron chi connectivity index (χ3n) is 3.72. The lowest BCUT2D eigenvalue weighted by molar-refractivity contribution is 0.0980. The zero-order valence-electron chi connectivity index (χ0n) is 13.8. The quantitative estimate of drug-likeness (QED) is 0.925. The van der Waals surface area contributed by atoms with E-state index in [0.29, 0.717) is 11.6 Å². The summed E-state index contributed by atoms with van der Waals surface area (Å²) >= 11 is 0. The molecule has 1 aliphatic heterocycles. The van der Waals surface area contributed by atoms with E-state index in [1.165, 1.54) is 5.56 Å². The molecule has 5 nitrogen and oxygen atoms in total. The summed E-state index contributed by atoms with van der Waals surface area (Å²) in [5, 5.41) is 3.21. The Labute approximate surface area is 136 Å². The summed E-state index contributed by atoms with van der Waals surface area (Å²) in [5.41, 5.74) is 2.48. The number of carbonyl (C=O) groups excluding carboxylic acids is 1. The second kappa shape index (κ2) is 5.99. The Bertz CT molecular complexity index is 721. The molecule has 0 unspecified atom stereocenters. The lowest BCUT2D eigenvalue weighted by Gasteiger charge is -2.29. The average Bonchev–Trinajstić information content (AvgIpc) is 2.52. The molecule has 0 bridgehead atoms. The molecule has 1 amide bonds. The van der Waals surface area contributed by atoms with Gasteiger partial charge in [-0.05, 0) is 51.3 Å². The highest BCUT2D eigenvalue weighted by atomic mass is 16.2. The normalized spacial score (nSPS) is 14.3. The number of aryl methyl sites for hydroxylation is 1. The Kier molecular flexibility index (Phi) is 4.03. The van der Waals surface area contributed by atoms with Crippen molar-refractivity contribution in [3.05, 3.63) is 47.8 Å². The fourth-order valence-electron chi connectivity index (χ4n) is 2.76. The maximum absolute atomic E-state index is 12.9. The number of fused-ring (bicyclic) bond motifs is 1. The highest BCUT2D eigenvalue weighted by molar-refractivity contribution is 6.05. The predicted molar refractivity (Wildman–Crippen MR) is 91.8 cm³/mol. The molecule has 0 radical (unpaired) electrons. The number of hydrogen-bond acceptors (Lipinski definition) is 4. The Morgan fingerprint density at radius 2 is 2.00 bits per heavy atom. The van der Waals surface area contributed by atoms with Crippen molar-refractivity contribution in [2.45, 2.75) is 39.2 Å². The van der Waals surface area contributed by atoms with Crippen LogP contribution >= 0.6 is 0 Å². The number of hydrogen-bond donors (Lipinski definition) is 1. The lowest BCUT2D eigenvalue weighted by Crippen LogP contribution is -2.36. The van der Waals surface area contributed by atoms with Crippen LogP contribution in [0.2, 0.25) is 0 Å². The van der Waals surface area contributed by atoms with Crippen molar-refractivity contribution >= 4 is 17.5 Å². The van der Waals surface area contributed by atoms with E-state index in [4.69, 9.17) is 0 Å². The fraction of sp³-hybridized carbons (Fsp3) is 0.389. The average molecular weight is 310 g/mol. The van der Waals surface area contributed by atoms with Gasteiger partial charge in [0.1, 0.15) is 5.69 Å². The molecular formula is C18H22N4O. The molecule has 0 saturated heterocycles. The minimum Gasteiger partial charge on any atom is -0.350 e. The van der Waals surface area contributed by atoms with Crippen LogP contribution in [0.4, 0.5) is 11.6 Å². The van der Waals surface area contributed by atoms with E-state index in [9.17, 15) is 4.79 Å². The molecule has 1 aromatic carbocycles. The zero-order valence-corrected chi connectivity index (χ0v) is 13.8. The molecule has 2 heterocycles. The van der Waals surface area contributed by atoms with Crippen molar-refractivity contribution in [3.63, 3.8) is 0 Å². The van der Waals surface area contributed by atoms with Crippen LogP contribution in [0.15, 0.2) is 36.5 Å². The molecule has 0 saturated carbocycles. The van der Waals surface area contributed by atoms with E-state index >= 15 is 0 Å². The monoisotopic (exact) mass is 310 g/mol. The lowest BCUT2D eigenvalue weighted by atomic mass is 10.0. The summed E-state index contributed by atoms with van der Waals surface area (Å²) in [6, 6.07) is 9.75. The van der Waals surface area contributed by atoms with Crippen LogP contribution in [-0.4, -0.2) is 28.0 Å². The van der Waals surface area contributed by atoms with Gasteiger partial charge in [0.25, 0.3) is 5.91 Å². The van der Waals surface area contributed by atoms with E-state index in [1.807, 2.05) is 43.9 Å². The summed E-state index contributed by atoms with van der Waals surface area (Å²) in [5.74, 6) is 0.408. The summed E-state index contributed by atoms with van der Waals surface area (Å²) in [6.45, 7) is 6.82. The zero-order chi connectivity index (χ0) is 16.4. The summed E-state index contributed by atoms with van der Waals surface area (Å²) in [7, 11) is 0. The smallest absolute Gasteiger partial charge is 0.277 e. The number of amides is 1. The number of carbonyl (C=O) groups is 1. The van der Waals surface area contributed by atoms with E-state index in [1.54, 1.807) is 12.3 Å². The minimum atomic E-state index is -0.153. The van der Waals surface area contributed by atoms with Crippen LogP contribution in [-0.2, 0) is 6.42 Å². The van der Waals surface area contributed by atoms with Crippen molar-refractivity contribution < 1.29 is 4.79 Å². The molecular weight excluding hydrogens is 288 g/mol. The molecule has 2 aromatic rings. The second-order valence-corrected chi connectivity index (χ2v) is 6.83. The molecule has 5 heteroatoms. The van der Waals surface area contributed by atoms with Gasteiger partial charge in [0, 0.05) is 24.0 Å². The highest BCUT2D eigenvalue weighted by Crippen LogP contribution is 2.27. The highest BCUT2D eigenvalue weighted by Gasteiger charge is 2.24. The van der Waals surface area contributed by atoms with Gasteiger partial charge in [0.2, 0.25) is 5.95 Å². The van der Waals surface area contributed by atoms with Gasteiger partial charge in [-0.1, -0.05) is 18.2 Å². The van der Waals surface area contributed by atoms with Gasteiger partial charge in [-0.3, -0.25) is 4.79 Å². The maximum Gasteiger partial charge on any atom is 0.277 e. The van der Waals surface area contributed by atoms with E-state index in [-0.39, 0.29) is 11.4 Å². The van der Waals surface area contributed by atoms with Crippen molar-refractivity contribution in [2.24, 2.45) is 0 Å². The van der Waals surface area contributed by atoms with Crippen molar-refractivity contribution in [1.82, 2.24) is 9.97 Å². The second-order valence-electron chi connectivity index (χ2n) is 6.83. The van der Waals surface area contributed by atoms with E-state index in [0.717, 1.165) is 25.1 Å².